The number of aromatic nitrogens is 1. The molecule has 1 atom stereocenters. The van der Waals surface area contributed by atoms with Crippen LogP contribution in [0.15, 0.2) is 44.8 Å². The zero-order valence-corrected chi connectivity index (χ0v) is 16.8. The Morgan fingerprint density at radius 3 is 2.73 bits per heavy atom. The zero-order valence-electron chi connectivity index (χ0n) is 15.2. The molecule has 0 saturated carbocycles. The zero-order chi connectivity index (χ0) is 18.8. The van der Waals surface area contributed by atoms with E-state index >= 15 is 0 Å². The second-order valence-corrected chi connectivity index (χ2v) is 7.87. The van der Waals surface area contributed by atoms with Crippen molar-refractivity contribution < 1.29 is 4.42 Å². The van der Waals surface area contributed by atoms with E-state index < -0.39 is 0 Å². The molecule has 0 saturated heterocycles. The Morgan fingerprint density at radius 2 is 2.08 bits per heavy atom. The van der Waals surface area contributed by atoms with Crippen molar-refractivity contribution in [3.05, 3.63) is 62.5 Å². The molecule has 1 aromatic carbocycles. The number of nitrogens with zero attached hydrogens (tertiary/aromatic N) is 1. The topological polar surface area (TPSA) is 55.1 Å². The summed E-state index contributed by atoms with van der Waals surface area (Å²) in [6, 6.07) is 7.51. The third kappa shape index (κ3) is 3.74. The molecule has 2 heterocycles. The van der Waals surface area contributed by atoms with Gasteiger partial charge in [0.15, 0.2) is 10.5 Å². The minimum absolute atomic E-state index is 0.0347. The van der Waals surface area contributed by atoms with E-state index in [1.54, 1.807) is 24.0 Å². The van der Waals surface area contributed by atoms with E-state index in [0.29, 0.717) is 26.8 Å². The van der Waals surface area contributed by atoms with Gasteiger partial charge in [0.1, 0.15) is 10.7 Å². The van der Waals surface area contributed by atoms with E-state index in [0.717, 1.165) is 22.6 Å². The normalized spacial score (nSPS) is 12.3. The van der Waals surface area contributed by atoms with Crippen LogP contribution in [0.3, 0.4) is 0 Å². The van der Waals surface area contributed by atoms with Crippen LogP contribution in [0.4, 0.5) is 5.69 Å². The predicted octanol–water partition coefficient (Wildman–Crippen LogP) is 5.74. The largest absolute Gasteiger partial charge is 0.449 e. The summed E-state index contributed by atoms with van der Waals surface area (Å²) in [6.45, 7) is 7.90. The fourth-order valence-corrected chi connectivity index (χ4v) is 3.75. The number of aryl methyl sites for hydroxylation is 1. The SMILES string of the molecule is CCSc1oc2c([C@@H](C)Nc3ccc(Cl)nc3)cc(C)cc2c(=O)c1C. The Balaban J connectivity index is 2.11. The van der Waals surface area contributed by atoms with Gasteiger partial charge >= 0.3 is 0 Å². The third-order valence-electron chi connectivity index (χ3n) is 4.20. The molecule has 6 heteroatoms. The molecule has 4 nitrogen and oxygen atoms in total. The van der Waals surface area contributed by atoms with Crippen molar-refractivity contribution in [3.63, 3.8) is 0 Å². The van der Waals surface area contributed by atoms with Crippen molar-refractivity contribution in [1.82, 2.24) is 4.98 Å². The van der Waals surface area contributed by atoms with Gasteiger partial charge in [0.25, 0.3) is 0 Å². The van der Waals surface area contributed by atoms with Crippen LogP contribution in [0.2, 0.25) is 5.15 Å². The Hall–Kier alpha value is -1.98. The summed E-state index contributed by atoms with van der Waals surface area (Å²) in [4.78, 5) is 16.9. The molecule has 1 N–H and O–H groups in total. The summed E-state index contributed by atoms with van der Waals surface area (Å²) < 4.78 is 6.16. The first-order valence-corrected chi connectivity index (χ1v) is 9.86. The number of benzene rings is 1. The first kappa shape index (κ1) is 18.8. The summed E-state index contributed by atoms with van der Waals surface area (Å²) in [6.07, 6.45) is 1.69. The third-order valence-corrected chi connectivity index (χ3v) is 5.36. The molecule has 136 valence electrons. The van der Waals surface area contributed by atoms with Crippen molar-refractivity contribution in [1.29, 1.82) is 0 Å². The van der Waals surface area contributed by atoms with Crippen molar-refractivity contribution in [3.8, 4) is 0 Å². The van der Waals surface area contributed by atoms with Gasteiger partial charge in [-0.3, -0.25) is 4.79 Å². The van der Waals surface area contributed by atoms with Crippen molar-refractivity contribution in [2.75, 3.05) is 11.1 Å². The molecule has 3 rings (SSSR count). The van der Waals surface area contributed by atoms with Gasteiger partial charge in [0.05, 0.1) is 23.3 Å². The van der Waals surface area contributed by atoms with E-state index in [9.17, 15) is 4.79 Å². The maximum absolute atomic E-state index is 12.8. The molecule has 0 aliphatic carbocycles. The van der Waals surface area contributed by atoms with Crippen LogP contribution in [0, 0.1) is 13.8 Å². The highest BCUT2D eigenvalue weighted by atomic mass is 35.5. The number of hydrogen-bond acceptors (Lipinski definition) is 5. The summed E-state index contributed by atoms with van der Waals surface area (Å²) in [5.74, 6) is 0.848. The van der Waals surface area contributed by atoms with Gasteiger partial charge in [-0.25, -0.2) is 4.98 Å². The summed E-state index contributed by atoms with van der Waals surface area (Å²) in [5.41, 5.74) is 4.18. The molecule has 0 amide bonds. The molecule has 0 bridgehead atoms. The van der Waals surface area contributed by atoms with Crippen LogP contribution in [-0.2, 0) is 0 Å². The van der Waals surface area contributed by atoms with E-state index in [1.165, 1.54) is 0 Å². The number of hydrogen-bond donors (Lipinski definition) is 1. The quantitative estimate of drug-likeness (QED) is 0.446. The second kappa shape index (κ2) is 7.72. The van der Waals surface area contributed by atoms with Crippen LogP contribution in [0.1, 0.15) is 36.6 Å². The van der Waals surface area contributed by atoms with Gasteiger partial charge < -0.3 is 9.73 Å². The lowest BCUT2D eigenvalue weighted by Crippen LogP contribution is -2.12. The average molecular weight is 389 g/mol. The molecule has 26 heavy (non-hydrogen) atoms. The predicted molar refractivity (Wildman–Crippen MR) is 110 cm³/mol. The highest BCUT2D eigenvalue weighted by Crippen LogP contribution is 2.31. The van der Waals surface area contributed by atoms with E-state index in [-0.39, 0.29) is 11.5 Å². The molecule has 0 aliphatic rings. The Morgan fingerprint density at radius 1 is 1.31 bits per heavy atom. The Kier molecular flexibility index (Phi) is 5.58. The molecule has 0 fully saturated rings. The number of fused-ring (bicyclic) bond motifs is 1. The number of anilines is 1. The minimum atomic E-state index is -0.0642. The Bertz CT molecular complexity index is 999. The van der Waals surface area contributed by atoms with Crippen LogP contribution in [0.5, 0.6) is 0 Å². The lowest BCUT2D eigenvalue weighted by atomic mass is 10.0. The fraction of sp³-hybridized carbons (Fsp3) is 0.300. The summed E-state index contributed by atoms with van der Waals surface area (Å²) in [7, 11) is 0. The van der Waals surface area contributed by atoms with E-state index in [2.05, 4.69) is 16.4 Å². The number of thioether (sulfide) groups is 1. The molecular formula is C20H21ClN2O2S. The number of halogens is 1. The van der Waals surface area contributed by atoms with Gasteiger partial charge in [0, 0.05) is 11.1 Å². The van der Waals surface area contributed by atoms with Crippen molar-refractivity contribution >= 4 is 40.0 Å². The summed E-state index contributed by atoms with van der Waals surface area (Å²) >= 11 is 7.40. The molecular weight excluding hydrogens is 368 g/mol. The molecule has 2 aromatic heterocycles. The minimum Gasteiger partial charge on any atom is -0.449 e. The van der Waals surface area contributed by atoms with Gasteiger partial charge in [-0.1, -0.05) is 36.4 Å². The number of pyridine rings is 1. The lowest BCUT2D eigenvalue weighted by molar-refractivity contribution is 0.488. The van der Waals surface area contributed by atoms with Crippen LogP contribution in [-0.4, -0.2) is 10.7 Å². The van der Waals surface area contributed by atoms with E-state index in [4.69, 9.17) is 16.0 Å². The molecule has 0 radical (unpaired) electrons. The van der Waals surface area contributed by atoms with Crippen LogP contribution in [0.25, 0.3) is 11.0 Å². The number of nitrogens with one attached hydrogen (secondary N) is 1. The van der Waals surface area contributed by atoms with Gasteiger partial charge in [0.2, 0.25) is 0 Å². The van der Waals surface area contributed by atoms with Gasteiger partial charge in [-0.15, -0.1) is 0 Å². The van der Waals surface area contributed by atoms with Crippen LogP contribution < -0.4 is 10.7 Å². The average Bonchev–Trinajstić information content (AvgIpc) is 2.61. The van der Waals surface area contributed by atoms with Crippen molar-refractivity contribution in [2.24, 2.45) is 0 Å². The molecule has 3 aromatic rings. The maximum atomic E-state index is 12.8. The fourth-order valence-electron chi connectivity index (χ4n) is 2.93. The highest BCUT2D eigenvalue weighted by molar-refractivity contribution is 7.99. The highest BCUT2D eigenvalue weighted by Gasteiger charge is 2.18. The molecule has 0 spiro atoms. The first-order chi connectivity index (χ1) is 12.4. The maximum Gasteiger partial charge on any atom is 0.196 e. The standard InChI is InChI=1S/C20H21ClN2O2S/c1-5-26-20-12(3)18(24)16-9-11(2)8-15(19(16)25-20)13(4)23-14-6-7-17(21)22-10-14/h6-10,13,23H,5H2,1-4H3/t13-/m1/s1. The molecule has 0 aliphatic heterocycles. The Labute approximate surface area is 162 Å². The van der Waals surface area contributed by atoms with Gasteiger partial charge in [-0.2, -0.15) is 0 Å². The lowest BCUT2D eigenvalue weighted by Gasteiger charge is -2.18. The smallest absolute Gasteiger partial charge is 0.196 e. The second-order valence-electron chi connectivity index (χ2n) is 6.24. The summed E-state index contributed by atoms with van der Waals surface area (Å²) in [5, 5.41) is 5.17. The monoisotopic (exact) mass is 388 g/mol. The first-order valence-electron chi connectivity index (χ1n) is 8.49. The van der Waals surface area contributed by atoms with E-state index in [1.807, 2.05) is 39.8 Å². The molecule has 0 unspecified atom stereocenters. The van der Waals surface area contributed by atoms with Gasteiger partial charge in [-0.05, 0) is 50.3 Å². The number of rotatable bonds is 5. The van der Waals surface area contributed by atoms with Crippen molar-refractivity contribution in [2.45, 2.75) is 38.8 Å². The van der Waals surface area contributed by atoms with Crippen LogP contribution >= 0.6 is 23.4 Å².